The Balaban J connectivity index is 1.45. The number of nitrogens with one attached hydrogen (secondary N) is 1. The van der Waals surface area contributed by atoms with Crippen molar-refractivity contribution in [3.63, 3.8) is 0 Å². The normalized spacial score (nSPS) is 15.8. The number of hydrogen-bond donors (Lipinski definition) is 2. The first-order valence-electron chi connectivity index (χ1n) is 12.4. The van der Waals surface area contributed by atoms with Crippen molar-refractivity contribution in [2.75, 3.05) is 19.7 Å². The van der Waals surface area contributed by atoms with E-state index in [1.54, 1.807) is 17.0 Å². The first-order valence-corrected chi connectivity index (χ1v) is 12.4. The van der Waals surface area contributed by atoms with Crippen LogP contribution in [0.2, 0.25) is 0 Å². The number of aryl methyl sites for hydroxylation is 1. The molecule has 9 heteroatoms. The zero-order valence-electron chi connectivity index (χ0n) is 21.0. The van der Waals surface area contributed by atoms with Crippen molar-refractivity contribution in [1.29, 1.82) is 0 Å². The molecule has 1 aliphatic rings. The number of carboxylic acid groups (broad SMARTS) is 1. The molecule has 2 N–H and O–H groups in total. The van der Waals surface area contributed by atoms with Crippen molar-refractivity contribution in [1.82, 2.24) is 10.2 Å². The third-order valence-corrected chi connectivity index (χ3v) is 6.42. The summed E-state index contributed by atoms with van der Waals surface area (Å²) in [5, 5.41) is 11.8. The molecule has 2 amide bonds. The van der Waals surface area contributed by atoms with E-state index in [1.807, 2.05) is 43.3 Å². The van der Waals surface area contributed by atoms with Crippen molar-refractivity contribution in [3.05, 3.63) is 76.6 Å². The van der Waals surface area contributed by atoms with Crippen LogP contribution in [0.15, 0.2) is 48.5 Å². The quantitative estimate of drug-likeness (QED) is 0.442. The summed E-state index contributed by atoms with van der Waals surface area (Å²) < 4.78 is 11.0. The van der Waals surface area contributed by atoms with E-state index in [0.717, 1.165) is 41.7 Å². The van der Waals surface area contributed by atoms with Gasteiger partial charge >= 0.3 is 12.1 Å². The van der Waals surface area contributed by atoms with E-state index in [0.29, 0.717) is 26.2 Å². The Morgan fingerprint density at radius 3 is 2.73 bits per heavy atom. The van der Waals surface area contributed by atoms with Crippen LogP contribution in [0.3, 0.4) is 0 Å². The standard InChI is InChI=1S/C28H33N3O6/c1-20-10-11-24(15-23(20)17-29-2)36-14-12-21-9-6-13-31(18-21)26(32)16-25(27(33)34)30-28(35)37-19-22-7-4-3-5-8-22/h3-5,7-8,10-11,15,21,25H,6,9,12-14,16-19H2,1H3,(H,30,35)(H,33,34)/t21?,25-/m0/s1. The Hall–Kier alpha value is -4.06. The number of nitrogens with zero attached hydrogens (tertiary/aromatic N) is 2. The Morgan fingerprint density at radius 2 is 2.00 bits per heavy atom. The van der Waals surface area contributed by atoms with Crippen LogP contribution >= 0.6 is 0 Å². The number of rotatable bonds is 11. The van der Waals surface area contributed by atoms with E-state index in [4.69, 9.17) is 16.0 Å². The Labute approximate surface area is 217 Å². The van der Waals surface area contributed by atoms with E-state index in [-0.39, 0.29) is 24.9 Å². The third-order valence-electron chi connectivity index (χ3n) is 6.42. The molecule has 196 valence electrons. The summed E-state index contributed by atoms with van der Waals surface area (Å²) >= 11 is 0. The second-order valence-corrected chi connectivity index (χ2v) is 9.19. The van der Waals surface area contributed by atoms with E-state index < -0.39 is 18.1 Å². The molecule has 0 saturated carbocycles. The smallest absolute Gasteiger partial charge is 0.408 e. The largest absolute Gasteiger partial charge is 0.494 e. The van der Waals surface area contributed by atoms with Gasteiger partial charge in [0.05, 0.1) is 13.0 Å². The summed E-state index contributed by atoms with van der Waals surface area (Å²) in [6.07, 6.45) is 1.30. The fourth-order valence-corrected chi connectivity index (χ4v) is 4.27. The van der Waals surface area contributed by atoms with Crippen molar-refractivity contribution < 1.29 is 29.0 Å². The fraction of sp³-hybridized carbons (Fsp3) is 0.429. The summed E-state index contributed by atoms with van der Waals surface area (Å²) in [5.74, 6) is -0.646. The maximum absolute atomic E-state index is 12.9. The molecule has 1 aliphatic heterocycles. The summed E-state index contributed by atoms with van der Waals surface area (Å²) in [7, 11) is 0. The molecule has 2 aromatic rings. The van der Waals surface area contributed by atoms with E-state index >= 15 is 0 Å². The van der Waals surface area contributed by atoms with Crippen molar-refractivity contribution in [3.8, 4) is 5.75 Å². The lowest BCUT2D eigenvalue weighted by atomic mass is 9.94. The zero-order chi connectivity index (χ0) is 26.6. The van der Waals surface area contributed by atoms with Gasteiger partial charge in [0.25, 0.3) is 0 Å². The number of ether oxygens (including phenoxy) is 2. The van der Waals surface area contributed by atoms with Gasteiger partial charge in [0, 0.05) is 18.7 Å². The second kappa shape index (κ2) is 13.9. The SMILES string of the molecule is [C-]#[N+]Cc1cc(OCCC2CCCN(C(=O)C[C@H](NC(=O)OCc3ccccc3)C(=O)O)C2)ccc1C. The summed E-state index contributed by atoms with van der Waals surface area (Å²) in [6, 6.07) is 13.4. The highest BCUT2D eigenvalue weighted by atomic mass is 16.5. The van der Waals surface area contributed by atoms with Crippen LogP contribution in [-0.4, -0.2) is 53.7 Å². The number of piperidine rings is 1. The number of likely N-dealkylation sites (tertiary alicyclic amines) is 1. The number of carbonyl (C=O) groups is 3. The van der Waals surface area contributed by atoms with E-state index in [2.05, 4.69) is 10.2 Å². The van der Waals surface area contributed by atoms with Gasteiger partial charge in [-0.15, -0.1) is 0 Å². The molecule has 0 radical (unpaired) electrons. The molecule has 0 bridgehead atoms. The minimum Gasteiger partial charge on any atom is -0.494 e. The molecule has 1 heterocycles. The predicted molar refractivity (Wildman–Crippen MR) is 137 cm³/mol. The van der Waals surface area contributed by atoms with Gasteiger partial charge in [0.1, 0.15) is 18.4 Å². The minimum absolute atomic E-state index is 0.00625. The lowest BCUT2D eigenvalue weighted by Crippen LogP contribution is -2.47. The molecular weight excluding hydrogens is 474 g/mol. The lowest BCUT2D eigenvalue weighted by molar-refractivity contribution is -0.144. The first kappa shape index (κ1) is 27.5. The van der Waals surface area contributed by atoms with E-state index in [9.17, 15) is 19.5 Å². The third kappa shape index (κ3) is 8.83. The van der Waals surface area contributed by atoms with Gasteiger partial charge in [-0.25, -0.2) is 16.2 Å². The topological polar surface area (TPSA) is 110 Å². The van der Waals surface area contributed by atoms with E-state index in [1.165, 1.54) is 0 Å². The average molecular weight is 508 g/mol. The van der Waals surface area contributed by atoms with Crippen LogP contribution in [0, 0.1) is 19.4 Å². The highest BCUT2D eigenvalue weighted by molar-refractivity contribution is 5.87. The number of alkyl carbamates (subject to hydrolysis) is 1. The molecule has 2 aromatic carbocycles. The molecule has 2 atom stereocenters. The van der Waals surface area contributed by atoms with Gasteiger partial charge in [0.2, 0.25) is 12.5 Å². The van der Waals surface area contributed by atoms with Gasteiger partial charge in [-0.3, -0.25) is 4.79 Å². The summed E-state index contributed by atoms with van der Waals surface area (Å²) in [5.41, 5.74) is 2.78. The fourth-order valence-electron chi connectivity index (χ4n) is 4.27. The van der Waals surface area contributed by atoms with Crippen LogP contribution in [0.4, 0.5) is 4.79 Å². The van der Waals surface area contributed by atoms with Gasteiger partial charge < -0.3 is 29.6 Å². The van der Waals surface area contributed by atoms with Crippen LogP contribution in [0.5, 0.6) is 5.75 Å². The molecule has 0 aromatic heterocycles. The number of benzene rings is 2. The monoisotopic (exact) mass is 507 g/mol. The lowest BCUT2D eigenvalue weighted by Gasteiger charge is -2.33. The first-order chi connectivity index (χ1) is 17.9. The number of amides is 2. The van der Waals surface area contributed by atoms with Gasteiger partial charge in [-0.2, -0.15) is 0 Å². The predicted octanol–water partition coefficient (Wildman–Crippen LogP) is 4.19. The van der Waals surface area contributed by atoms with Crippen LogP contribution in [0.1, 0.15) is 42.4 Å². The van der Waals surface area contributed by atoms with Crippen molar-refractivity contribution >= 4 is 18.0 Å². The molecule has 1 fully saturated rings. The van der Waals surface area contributed by atoms with Crippen LogP contribution < -0.4 is 10.1 Å². The van der Waals surface area contributed by atoms with Crippen LogP contribution in [0.25, 0.3) is 4.85 Å². The van der Waals surface area contributed by atoms with Crippen LogP contribution in [-0.2, 0) is 27.5 Å². The van der Waals surface area contributed by atoms with Gasteiger partial charge in [0.15, 0.2) is 0 Å². The highest BCUT2D eigenvalue weighted by Gasteiger charge is 2.29. The van der Waals surface area contributed by atoms with Gasteiger partial charge in [-0.1, -0.05) is 36.4 Å². The average Bonchev–Trinajstić information content (AvgIpc) is 2.89. The Kier molecular flexibility index (Phi) is 10.3. The number of carboxylic acids is 1. The summed E-state index contributed by atoms with van der Waals surface area (Å²) in [4.78, 5) is 41.8. The van der Waals surface area contributed by atoms with Gasteiger partial charge in [-0.05, 0) is 55.4 Å². The van der Waals surface area contributed by atoms with Crippen molar-refractivity contribution in [2.45, 2.75) is 51.8 Å². The number of carbonyl (C=O) groups excluding carboxylic acids is 2. The molecule has 3 rings (SSSR count). The zero-order valence-corrected chi connectivity index (χ0v) is 21.0. The number of hydrogen-bond acceptors (Lipinski definition) is 5. The van der Waals surface area contributed by atoms with Crippen molar-refractivity contribution in [2.24, 2.45) is 5.92 Å². The molecule has 1 unspecified atom stereocenters. The molecule has 0 spiro atoms. The molecular formula is C28H33N3O6. The Bertz CT molecular complexity index is 1110. The maximum atomic E-state index is 12.9. The maximum Gasteiger partial charge on any atom is 0.408 e. The summed E-state index contributed by atoms with van der Waals surface area (Å²) in [6.45, 7) is 10.9. The number of aliphatic carboxylic acids is 1. The second-order valence-electron chi connectivity index (χ2n) is 9.19. The molecule has 9 nitrogen and oxygen atoms in total. The Morgan fingerprint density at radius 1 is 1.22 bits per heavy atom. The minimum atomic E-state index is -1.37. The highest BCUT2D eigenvalue weighted by Crippen LogP contribution is 2.23. The molecule has 0 aliphatic carbocycles. The molecule has 37 heavy (non-hydrogen) atoms. The molecule has 1 saturated heterocycles.